The van der Waals surface area contributed by atoms with Gasteiger partial charge in [0.2, 0.25) is 0 Å². The normalized spacial score (nSPS) is 10.4. The van der Waals surface area contributed by atoms with E-state index in [1.54, 1.807) is 11.3 Å². The van der Waals surface area contributed by atoms with E-state index in [-0.39, 0.29) is 0 Å². The molecule has 0 unspecified atom stereocenters. The summed E-state index contributed by atoms with van der Waals surface area (Å²) in [5.74, 6) is 0. The first-order chi connectivity index (χ1) is 6.81. The monoisotopic (exact) mass is 267 g/mol. The highest BCUT2D eigenvalue weighted by Crippen LogP contribution is 2.30. The first-order valence-electron chi connectivity index (χ1n) is 4.39. The Morgan fingerprint density at radius 2 is 2.00 bits per heavy atom. The van der Waals surface area contributed by atoms with E-state index < -0.39 is 0 Å². The van der Waals surface area contributed by atoms with Crippen LogP contribution in [0.15, 0.2) is 30.3 Å². The molecular weight excluding hydrogens is 258 g/mol. The molecule has 72 valence electrons. The zero-order chi connectivity index (χ0) is 9.97. The van der Waals surface area contributed by atoms with Crippen LogP contribution in [0.25, 0.3) is 10.4 Å². The van der Waals surface area contributed by atoms with Crippen LogP contribution in [-0.4, -0.2) is 4.98 Å². The van der Waals surface area contributed by atoms with Crippen molar-refractivity contribution in [3.63, 3.8) is 0 Å². The first kappa shape index (κ1) is 9.87. The first-order valence-corrected chi connectivity index (χ1v) is 6.32. The van der Waals surface area contributed by atoms with Gasteiger partial charge in [0, 0.05) is 0 Å². The number of alkyl halides is 1. The van der Waals surface area contributed by atoms with Crippen LogP contribution in [0.5, 0.6) is 0 Å². The summed E-state index contributed by atoms with van der Waals surface area (Å²) in [6.07, 6.45) is 0. The third-order valence-electron chi connectivity index (χ3n) is 1.99. The second-order valence-electron chi connectivity index (χ2n) is 3.02. The maximum Gasteiger partial charge on any atom is 0.104 e. The van der Waals surface area contributed by atoms with Gasteiger partial charge in [-0.15, -0.1) is 11.3 Å². The van der Waals surface area contributed by atoms with Crippen molar-refractivity contribution < 1.29 is 0 Å². The second-order valence-corrected chi connectivity index (χ2v) is 4.67. The van der Waals surface area contributed by atoms with E-state index >= 15 is 0 Å². The van der Waals surface area contributed by atoms with Gasteiger partial charge in [-0.3, -0.25) is 0 Å². The summed E-state index contributed by atoms with van der Waals surface area (Å²) in [4.78, 5) is 5.75. The molecule has 2 aromatic rings. The third kappa shape index (κ3) is 1.88. The smallest absolute Gasteiger partial charge is 0.104 e. The van der Waals surface area contributed by atoms with Crippen molar-refractivity contribution in [1.82, 2.24) is 4.98 Å². The minimum Gasteiger partial charge on any atom is -0.245 e. The molecule has 0 fully saturated rings. The SMILES string of the molecule is Cc1nc(CBr)sc1-c1ccccc1. The van der Waals surface area contributed by atoms with E-state index in [1.165, 1.54) is 10.4 Å². The van der Waals surface area contributed by atoms with Crippen LogP contribution in [0.2, 0.25) is 0 Å². The number of hydrogen-bond acceptors (Lipinski definition) is 2. The molecule has 0 aliphatic carbocycles. The van der Waals surface area contributed by atoms with Gasteiger partial charge in [-0.25, -0.2) is 4.98 Å². The lowest BCUT2D eigenvalue weighted by Gasteiger charge is -1.96. The van der Waals surface area contributed by atoms with Gasteiger partial charge in [-0.05, 0) is 12.5 Å². The molecule has 14 heavy (non-hydrogen) atoms. The molecule has 0 aliphatic heterocycles. The van der Waals surface area contributed by atoms with E-state index in [0.717, 1.165) is 16.0 Å². The molecule has 0 saturated carbocycles. The standard InChI is InChI=1S/C11H10BrNS/c1-8-11(14-10(7-12)13-8)9-5-3-2-4-6-9/h2-6H,7H2,1H3. The summed E-state index contributed by atoms with van der Waals surface area (Å²) in [7, 11) is 0. The zero-order valence-electron chi connectivity index (χ0n) is 7.83. The number of benzene rings is 1. The number of rotatable bonds is 2. The van der Waals surface area contributed by atoms with Crippen molar-refractivity contribution in [2.24, 2.45) is 0 Å². The zero-order valence-corrected chi connectivity index (χ0v) is 10.2. The van der Waals surface area contributed by atoms with E-state index in [4.69, 9.17) is 0 Å². The summed E-state index contributed by atoms with van der Waals surface area (Å²) >= 11 is 5.18. The summed E-state index contributed by atoms with van der Waals surface area (Å²) in [5, 5.41) is 1.98. The van der Waals surface area contributed by atoms with Gasteiger partial charge < -0.3 is 0 Å². The fourth-order valence-corrected chi connectivity index (χ4v) is 2.76. The third-order valence-corrected chi connectivity index (χ3v) is 4.10. The lowest BCUT2D eigenvalue weighted by Crippen LogP contribution is -1.77. The quantitative estimate of drug-likeness (QED) is 0.750. The summed E-state index contributed by atoms with van der Waals surface area (Å²) in [5.41, 5.74) is 2.38. The van der Waals surface area contributed by atoms with Crippen LogP contribution in [0, 0.1) is 6.92 Å². The van der Waals surface area contributed by atoms with Crippen LogP contribution in [0.1, 0.15) is 10.7 Å². The number of thiazole rings is 1. The largest absolute Gasteiger partial charge is 0.245 e. The maximum atomic E-state index is 4.48. The van der Waals surface area contributed by atoms with Crippen LogP contribution < -0.4 is 0 Å². The van der Waals surface area contributed by atoms with Gasteiger partial charge in [-0.1, -0.05) is 46.3 Å². The van der Waals surface area contributed by atoms with Crippen molar-refractivity contribution in [1.29, 1.82) is 0 Å². The fraction of sp³-hybridized carbons (Fsp3) is 0.182. The van der Waals surface area contributed by atoms with Gasteiger partial charge in [0.1, 0.15) is 5.01 Å². The molecule has 2 rings (SSSR count). The molecule has 0 amide bonds. The Bertz CT molecular complexity index is 422. The Kier molecular flexibility index (Phi) is 2.99. The highest BCUT2D eigenvalue weighted by Gasteiger charge is 2.07. The van der Waals surface area contributed by atoms with E-state index in [1.807, 2.05) is 6.07 Å². The molecule has 1 nitrogen and oxygen atoms in total. The predicted molar refractivity (Wildman–Crippen MR) is 64.9 cm³/mol. The Balaban J connectivity index is 2.46. The summed E-state index contributed by atoms with van der Waals surface area (Å²) in [6.45, 7) is 2.06. The van der Waals surface area contributed by atoms with Crippen molar-refractivity contribution in [3.8, 4) is 10.4 Å². The summed E-state index contributed by atoms with van der Waals surface area (Å²) < 4.78 is 0. The average molecular weight is 268 g/mol. The van der Waals surface area contributed by atoms with Gasteiger partial charge in [-0.2, -0.15) is 0 Å². The number of aryl methyl sites for hydroxylation is 1. The molecule has 0 saturated heterocycles. The number of hydrogen-bond donors (Lipinski definition) is 0. The average Bonchev–Trinajstić information content (AvgIpc) is 2.61. The highest BCUT2D eigenvalue weighted by atomic mass is 79.9. The molecule has 0 radical (unpaired) electrons. The highest BCUT2D eigenvalue weighted by molar-refractivity contribution is 9.08. The van der Waals surface area contributed by atoms with Gasteiger partial charge in [0.15, 0.2) is 0 Å². The molecule has 1 heterocycles. The van der Waals surface area contributed by atoms with E-state index in [2.05, 4.69) is 52.1 Å². The van der Waals surface area contributed by atoms with E-state index in [0.29, 0.717) is 0 Å². The van der Waals surface area contributed by atoms with Gasteiger partial charge in [0.05, 0.1) is 15.9 Å². The number of aromatic nitrogens is 1. The number of halogens is 1. The maximum absolute atomic E-state index is 4.48. The Morgan fingerprint density at radius 3 is 2.57 bits per heavy atom. The summed E-state index contributed by atoms with van der Waals surface area (Å²) in [6, 6.07) is 10.4. The van der Waals surface area contributed by atoms with Crippen molar-refractivity contribution in [3.05, 3.63) is 41.0 Å². The van der Waals surface area contributed by atoms with Crippen molar-refractivity contribution in [2.75, 3.05) is 0 Å². The molecular formula is C11H10BrNS. The molecule has 3 heteroatoms. The minimum atomic E-state index is 0.839. The molecule has 1 aromatic carbocycles. The molecule has 0 N–H and O–H groups in total. The lowest BCUT2D eigenvalue weighted by molar-refractivity contribution is 1.19. The Morgan fingerprint density at radius 1 is 1.29 bits per heavy atom. The van der Waals surface area contributed by atoms with Crippen molar-refractivity contribution >= 4 is 27.3 Å². The lowest BCUT2D eigenvalue weighted by atomic mass is 10.2. The van der Waals surface area contributed by atoms with Crippen LogP contribution in [0.4, 0.5) is 0 Å². The van der Waals surface area contributed by atoms with E-state index in [9.17, 15) is 0 Å². The number of nitrogens with zero attached hydrogens (tertiary/aromatic N) is 1. The van der Waals surface area contributed by atoms with Crippen LogP contribution in [-0.2, 0) is 5.33 Å². The van der Waals surface area contributed by atoms with Gasteiger partial charge >= 0.3 is 0 Å². The molecule has 0 aliphatic rings. The topological polar surface area (TPSA) is 12.9 Å². The molecule has 1 aromatic heterocycles. The molecule has 0 spiro atoms. The van der Waals surface area contributed by atoms with Crippen molar-refractivity contribution in [2.45, 2.75) is 12.3 Å². The van der Waals surface area contributed by atoms with Crippen LogP contribution in [0.3, 0.4) is 0 Å². The molecule has 0 bridgehead atoms. The Labute approximate surface area is 95.9 Å². The fourth-order valence-electron chi connectivity index (χ4n) is 1.37. The van der Waals surface area contributed by atoms with Crippen LogP contribution >= 0.6 is 27.3 Å². The Hall–Kier alpha value is -0.670. The second kappa shape index (κ2) is 4.24. The van der Waals surface area contributed by atoms with Gasteiger partial charge in [0.25, 0.3) is 0 Å². The predicted octanol–water partition coefficient (Wildman–Crippen LogP) is 4.01. The molecule has 0 atom stereocenters. The minimum absolute atomic E-state index is 0.839.